The van der Waals surface area contributed by atoms with Crippen LogP contribution in [0.1, 0.15) is 39.0 Å². The fraction of sp³-hybridized carbons (Fsp3) is 0.500. The quantitative estimate of drug-likeness (QED) is 0.724. The van der Waals surface area contributed by atoms with Gasteiger partial charge in [-0.25, -0.2) is 0 Å². The van der Waals surface area contributed by atoms with Crippen LogP contribution < -0.4 is 19.7 Å². The molecule has 26 heavy (non-hydrogen) atoms. The number of carbonyl (C=O) groups is 2. The van der Waals surface area contributed by atoms with Crippen molar-refractivity contribution in [2.75, 3.05) is 32.2 Å². The number of ether oxygens (including phenoxy) is 2. The Bertz CT molecular complexity index is 670. The smallest absolute Gasteiger partial charge is 0.240 e. The highest BCUT2D eigenvalue weighted by Gasteiger charge is 2.18. The summed E-state index contributed by atoms with van der Waals surface area (Å²) in [4.78, 5) is 25.7. The lowest BCUT2D eigenvalue weighted by Gasteiger charge is -2.22. The molecule has 1 N–H and O–H groups in total. The summed E-state index contributed by atoms with van der Waals surface area (Å²) in [5, 5.41) is 2.91. The van der Waals surface area contributed by atoms with Gasteiger partial charge in [-0.1, -0.05) is 11.6 Å². The summed E-state index contributed by atoms with van der Waals surface area (Å²) in [6, 6.07) is 5.15. The molecule has 6 heteroatoms. The van der Waals surface area contributed by atoms with Gasteiger partial charge in [-0.2, -0.15) is 0 Å². The molecule has 0 fully saturated rings. The van der Waals surface area contributed by atoms with Crippen molar-refractivity contribution in [2.45, 2.75) is 39.0 Å². The summed E-state index contributed by atoms with van der Waals surface area (Å²) in [5.41, 5.74) is 2.01. The normalized spacial score (nSPS) is 13.6. The van der Waals surface area contributed by atoms with Crippen LogP contribution >= 0.6 is 0 Å². The molecule has 1 aliphatic carbocycles. The topological polar surface area (TPSA) is 67.9 Å². The number of methoxy groups -OCH3 is 2. The predicted molar refractivity (Wildman–Crippen MR) is 102 cm³/mol. The van der Waals surface area contributed by atoms with Gasteiger partial charge in [0, 0.05) is 25.2 Å². The highest BCUT2D eigenvalue weighted by molar-refractivity contribution is 5.97. The predicted octanol–water partition coefficient (Wildman–Crippen LogP) is 3.06. The van der Waals surface area contributed by atoms with Crippen molar-refractivity contribution in [3.63, 3.8) is 0 Å². The molecule has 0 bridgehead atoms. The van der Waals surface area contributed by atoms with E-state index in [-0.39, 0.29) is 18.4 Å². The Kier molecular flexibility index (Phi) is 7.51. The molecule has 0 saturated carbocycles. The molecule has 2 amide bonds. The third kappa shape index (κ3) is 5.51. The van der Waals surface area contributed by atoms with Gasteiger partial charge >= 0.3 is 0 Å². The Morgan fingerprint density at radius 2 is 1.92 bits per heavy atom. The zero-order chi connectivity index (χ0) is 18.9. The Labute approximate surface area is 155 Å². The van der Waals surface area contributed by atoms with Crippen molar-refractivity contribution in [2.24, 2.45) is 0 Å². The average Bonchev–Trinajstić information content (AvgIpc) is 2.66. The van der Waals surface area contributed by atoms with Crippen molar-refractivity contribution in [3.8, 4) is 11.5 Å². The van der Waals surface area contributed by atoms with E-state index in [2.05, 4.69) is 11.4 Å². The molecule has 1 aromatic carbocycles. The Morgan fingerprint density at radius 3 is 2.54 bits per heavy atom. The molecule has 0 radical (unpaired) electrons. The second-order valence-corrected chi connectivity index (χ2v) is 6.35. The maximum Gasteiger partial charge on any atom is 0.240 e. The molecule has 1 aromatic rings. The molecule has 1 aliphatic rings. The summed E-state index contributed by atoms with van der Waals surface area (Å²) < 4.78 is 10.5. The molecule has 0 aromatic heterocycles. The van der Waals surface area contributed by atoms with E-state index in [0.717, 1.165) is 19.3 Å². The molecule has 6 nitrogen and oxygen atoms in total. The van der Waals surface area contributed by atoms with Gasteiger partial charge in [-0.3, -0.25) is 9.59 Å². The van der Waals surface area contributed by atoms with Gasteiger partial charge in [-0.15, -0.1) is 0 Å². The number of rotatable bonds is 8. The fourth-order valence-corrected chi connectivity index (χ4v) is 3.07. The fourth-order valence-electron chi connectivity index (χ4n) is 3.07. The van der Waals surface area contributed by atoms with E-state index in [4.69, 9.17) is 9.47 Å². The van der Waals surface area contributed by atoms with Gasteiger partial charge in [-0.05, 0) is 44.2 Å². The van der Waals surface area contributed by atoms with Crippen LogP contribution in [0.4, 0.5) is 5.69 Å². The summed E-state index contributed by atoms with van der Waals surface area (Å²) >= 11 is 0. The van der Waals surface area contributed by atoms with Gasteiger partial charge < -0.3 is 19.7 Å². The number of carbonyl (C=O) groups excluding carboxylic acids is 2. The highest BCUT2D eigenvalue weighted by atomic mass is 16.5. The summed E-state index contributed by atoms with van der Waals surface area (Å²) in [6.07, 6.45) is 7.91. The molecular weight excluding hydrogens is 332 g/mol. The third-order valence-corrected chi connectivity index (χ3v) is 4.51. The van der Waals surface area contributed by atoms with Crippen molar-refractivity contribution < 1.29 is 19.1 Å². The van der Waals surface area contributed by atoms with Gasteiger partial charge in [0.15, 0.2) is 11.5 Å². The number of nitrogens with zero attached hydrogens (tertiary/aromatic N) is 1. The van der Waals surface area contributed by atoms with Crippen molar-refractivity contribution in [1.29, 1.82) is 0 Å². The molecule has 0 saturated heterocycles. The Morgan fingerprint density at radius 1 is 1.15 bits per heavy atom. The van der Waals surface area contributed by atoms with Crippen LogP contribution in [0.5, 0.6) is 11.5 Å². The van der Waals surface area contributed by atoms with Crippen LogP contribution in [0.2, 0.25) is 0 Å². The third-order valence-electron chi connectivity index (χ3n) is 4.51. The first-order valence-electron chi connectivity index (χ1n) is 9.00. The summed E-state index contributed by atoms with van der Waals surface area (Å²) in [6.45, 7) is 2.02. The second-order valence-electron chi connectivity index (χ2n) is 6.35. The van der Waals surface area contributed by atoms with Crippen LogP contribution in [-0.2, 0) is 9.59 Å². The molecular formula is C20H28N2O4. The first kappa shape index (κ1) is 19.8. The number of nitrogens with one attached hydrogen (secondary N) is 1. The van der Waals surface area contributed by atoms with E-state index in [1.807, 2.05) is 0 Å². The van der Waals surface area contributed by atoms with Crippen molar-refractivity contribution >= 4 is 17.5 Å². The zero-order valence-electron chi connectivity index (χ0n) is 15.8. The lowest BCUT2D eigenvalue weighted by Crippen LogP contribution is -2.40. The van der Waals surface area contributed by atoms with Crippen LogP contribution in [0, 0.1) is 0 Å². The van der Waals surface area contributed by atoms with Crippen molar-refractivity contribution in [3.05, 3.63) is 29.8 Å². The van der Waals surface area contributed by atoms with E-state index in [1.54, 1.807) is 25.3 Å². The first-order valence-corrected chi connectivity index (χ1v) is 9.00. The van der Waals surface area contributed by atoms with Gasteiger partial charge in [0.05, 0.1) is 14.2 Å². The highest BCUT2D eigenvalue weighted by Crippen LogP contribution is 2.31. The first-order chi connectivity index (χ1) is 12.5. The standard InChI is InChI=1S/C20H28N2O4/c1-15(23)22(17-9-10-18(25-2)19(13-17)26-3)14-20(24)21-12-11-16-7-5-4-6-8-16/h7,9-10,13H,4-6,8,11-12,14H2,1-3H3,(H,21,24). The van der Waals surface area contributed by atoms with Gasteiger partial charge in [0.2, 0.25) is 11.8 Å². The molecule has 0 aliphatic heterocycles. The molecule has 142 valence electrons. The number of amides is 2. The van der Waals surface area contributed by atoms with Crippen molar-refractivity contribution in [1.82, 2.24) is 5.32 Å². The average molecular weight is 360 g/mol. The molecule has 0 unspecified atom stereocenters. The van der Waals surface area contributed by atoms with Crippen LogP contribution in [0.15, 0.2) is 29.8 Å². The Hall–Kier alpha value is -2.50. The summed E-state index contributed by atoms with van der Waals surface area (Å²) in [5.74, 6) is 0.708. The van der Waals surface area contributed by atoms with E-state index < -0.39 is 0 Å². The molecule has 0 heterocycles. The lowest BCUT2D eigenvalue weighted by molar-refractivity contribution is -0.123. The van der Waals surface area contributed by atoms with E-state index in [9.17, 15) is 9.59 Å². The van der Waals surface area contributed by atoms with Crippen LogP contribution in [0.25, 0.3) is 0 Å². The maximum absolute atomic E-state index is 12.3. The molecule has 0 spiro atoms. The minimum atomic E-state index is -0.206. The van der Waals surface area contributed by atoms with E-state index >= 15 is 0 Å². The minimum Gasteiger partial charge on any atom is -0.493 e. The second kappa shape index (κ2) is 9.85. The van der Waals surface area contributed by atoms with Gasteiger partial charge in [0.25, 0.3) is 0 Å². The number of anilines is 1. The van der Waals surface area contributed by atoms with Crippen LogP contribution in [0.3, 0.4) is 0 Å². The molecule has 2 rings (SSSR count). The van der Waals surface area contributed by atoms with E-state index in [0.29, 0.717) is 23.7 Å². The summed E-state index contributed by atoms with van der Waals surface area (Å²) in [7, 11) is 3.09. The number of hydrogen-bond acceptors (Lipinski definition) is 4. The maximum atomic E-state index is 12.3. The number of benzene rings is 1. The zero-order valence-corrected chi connectivity index (χ0v) is 15.8. The SMILES string of the molecule is COc1ccc(N(CC(=O)NCCC2=CCCCC2)C(C)=O)cc1OC. The Balaban J connectivity index is 1.95. The largest absolute Gasteiger partial charge is 0.493 e. The molecule has 0 atom stereocenters. The minimum absolute atomic E-state index is 0.0239. The van der Waals surface area contributed by atoms with E-state index in [1.165, 1.54) is 37.3 Å². The number of allylic oxidation sites excluding steroid dienone is 1. The number of hydrogen-bond donors (Lipinski definition) is 1. The van der Waals surface area contributed by atoms with Crippen LogP contribution in [-0.4, -0.2) is 39.1 Å². The lowest BCUT2D eigenvalue weighted by atomic mass is 9.97. The van der Waals surface area contributed by atoms with Gasteiger partial charge in [0.1, 0.15) is 6.54 Å². The monoisotopic (exact) mass is 360 g/mol.